The molecule has 1 aromatic rings. The maximum absolute atomic E-state index is 15.6. The molecule has 186 valence electrons. The lowest BCUT2D eigenvalue weighted by atomic mass is 9.86. The zero-order valence-corrected chi connectivity index (χ0v) is 21.0. The number of nitrogens with zero attached hydrogens (tertiary/aromatic N) is 2. The van der Waals surface area contributed by atoms with Gasteiger partial charge in [0.2, 0.25) is 5.91 Å². The summed E-state index contributed by atoms with van der Waals surface area (Å²) in [6, 6.07) is 7.85. The van der Waals surface area contributed by atoms with E-state index in [1.165, 1.54) is 6.92 Å². The lowest BCUT2D eigenvalue weighted by molar-refractivity contribution is -0.119. The van der Waals surface area contributed by atoms with Crippen LogP contribution in [0.5, 0.6) is 5.75 Å². The normalized spacial score (nSPS) is 21.1. The number of likely N-dealkylation sites (tertiary alicyclic amines) is 1. The first kappa shape index (κ1) is 25.9. The first-order valence-corrected chi connectivity index (χ1v) is 12.2. The van der Waals surface area contributed by atoms with E-state index in [9.17, 15) is 4.79 Å². The van der Waals surface area contributed by atoms with Crippen molar-refractivity contribution in [2.45, 2.75) is 59.1 Å². The molecule has 1 fully saturated rings. The van der Waals surface area contributed by atoms with Gasteiger partial charge < -0.3 is 19.7 Å². The van der Waals surface area contributed by atoms with Crippen molar-refractivity contribution in [2.75, 3.05) is 26.8 Å². The fraction of sp³-hybridized carbons (Fsp3) is 0.556. The maximum Gasteiger partial charge on any atom is 0.217 e. The van der Waals surface area contributed by atoms with Crippen LogP contribution in [-0.4, -0.2) is 49.6 Å². The highest BCUT2D eigenvalue weighted by Gasteiger charge is 2.31. The van der Waals surface area contributed by atoms with Gasteiger partial charge in [0.05, 0.1) is 12.6 Å². The zero-order chi connectivity index (χ0) is 24.7. The minimum absolute atomic E-state index is 0.00668. The first-order chi connectivity index (χ1) is 16.3. The Bertz CT molecular complexity index is 926. The molecular weight excluding hydrogens is 433 g/mol. The summed E-state index contributed by atoms with van der Waals surface area (Å²) < 4.78 is 27.1. The van der Waals surface area contributed by atoms with E-state index in [2.05, 4.69) is 24.2 Å². The molecule has 7 heteroatoms. The van der Waals surface area contributed by atoms with Gasteiger partial charge in [0.1, 0.15) is 11.9 Å². The van der Waals surface area contributed by atoms with Gasteiger partial charge in [0, 0.05) is 39.8 Å². The summed E-state index contributed by atoms with van der Waals surface area (Å²) in [6.45, 7) is 9.59. The second-order valence-electron chi connectivity index (χ2n) is 9.31. The fourth-order valence-corrected chi connectivity index (χ4v) is 4.60. The Hall–Kier alpha value is -2.67. The number of hydrogen-bond acceptors (Lipinski definition) is 5. The Morgan fingerprint density at radius 2 is 2.03 bits per heavy atom. The van der Waals surface area contributed by atoms with Gasteiger partial charge in [-0.1, -0.05) is 39.0 Å². The van der Waals surface area contributed by atoms with E-state index in [-0.39, 0.29) is 35.7 Å². The molecule has 3 rings (SSSR count). The highest BCUT2D eigenvalue weighted by atomic mass is 19.1. The molecule has 6 nitrogen and oxygen atoms in total. The molecule has 0 radical (unpaired) electrons. The molecule has 2 aliphatic heterocycles. The Morgan fingerprint density at radius 1 is 1.29 bits per heavy atom. The molecule has 2 heterocycles. The molecule has 1 N–H and O–H groups in total. The second kappa shape index (κ2) is 12.2. The van der Waals surface area contributed by atoms with Crippen LogP contribution >= 0.6 is 0 Å². The van der Waals surface area contributed by atoms with E-state index in [4.69, 9.17) is 9.47 Å². The molecule has 34 heavy (non-hydrogen) atoms. The van der Waals surface area contributed by atoms with E-state index in [0.29, 0.717) is 32.0 Å². The van der Waals surface area contributed by atoms with Crippen molar-refractivity contribution in [3.05, 3.63) is 53.5 Å². The highest BCUT2D eigenvalue weighted by Crippen LogP contribution is 2.31. The number of halogens is 1. The highest BCUT2D eigenvalue weighted by molar-refractivity contribution is 5.98. The number of rotatable bonds is 9. The van der Waals surface area contributed by atoms with Crippen LogP contribution in [0.4, 0.5) is 4.39 Å². The van der Waals surface area contributed by atoms with Crippen molar-refractivity contribution in [3.63, 3.8) is 0 Å². The second-order valence-corrected chi connectivity index (χ2v) is 9.31. The maximum atomic E-state index is 15.6. The van der Waals surface area contributed by atoms with Gasteiger partial charge in [-0.25, -0.2) is 9.38 Å². The number of carbonyl (C=O) groups excluding carboxylic acids is 1. The predicted molar refractivity (Wildman–Crippen MR) is 133 cm³/mol. The summed E-state index contributed by atoms with van der Waals surface area (Å²) in [6.07, 6.45) is 5.77. The predicted octanol–water partition coefficient (Wildman–Crippen LogP) is 5.19. The van der Waals surface area contributed by atoms with Crippen LogP contribution in [0.15, 0.2) is 52.9 Å². The molecule has 1 aromatic carbocycles. The molecule has 4 unspecified atom stereocenters. The van der Waals surface area contributed by atoms with Gasteiger partial charge in [0.15, 0.2) is 11.7 Å². The summed E-state index contributed by atoms with van der Waals surface area (Å²) in [5, 5.41) is 2.96. The molecular formula is C27H38FN3O3. The molecule has 0 aromatic heterocycles. The van der Waals surface area contributed by atoms with E-state index < -0.39 is 0 Å². The smallest absolute Gasteiger partial charge is 0.217 e. The van der Waals surface area contributed by atoms with Crippen LogP contribution in [0.25, 0.3) is 0 Å². The number of amides is 1. The van der Waals surface area contributed by atoms with Gasteiger partial charge in [0.25, 0.3) is 0 Å². The lowest BCUT2D eigenvalue weighted by Crippen LogP contribution is -2.32. The Labute approximate surface area is 202 Å². The number of ether oxygens (including phenoxy) is 2. The van der Waals surface area contributed by atoms with E-state index >= 15 is 4.39 Å². The monoisotopic (exact) mass is 471 g/mol. The van der Waals surface area contributed by atoms with Crippen LogP contribution in [0.2, 0.25) is 0 Å². The number of amidine groups is 1. The van der Waals surface area contributed by atoms with Crippen molar-refractivity contribution >= 4 is 11.7 Å². The average Bonchev–Trinajstić information content (AvgIpc) is 3.18. The van der Waals surface area contributed by atoms with Crippen molar-refractivity contribution in [3.8, 4) is 5.75 Å². The third-order valence-corrected chi connectivity index (χ3v) is 6.77. The molecule has 1 saturated heterocycles. The van der Waals surface area contributed by atoms with E-state index in [1.807, 2.05) is 42.2 Å². The minimum Gasteiger partial charge on any atom is -0.489 e. The Balaban J connectivity index is 1.65. The van der Waals surface area contributed by atoms with E-state index in [1.54, 1.807) is 13.3 Å². The molecule has 0 spiro atoms. The molecule has 2 aliphatic rings. The van der Waals surface area contributed by atoms with Gasteiger partial charge >= 0.3 is 0 Å². The SMILES string of the molecule is CCC(NC(C)=O)c1ccc(OC2CCN(C3=NC=CCC(C(C)C(C)COC)=C3F)C2)cc1. The number of hydrogen-bond donors (Lipinski definition) is 1. The number of benzene rings is 1. The standard InChI is InChI=1S/C27H38FN3O3/c1-6-25(30-20(4)32)21-9-11-22(12-10-21)34-23-13-15-31(16-23)27-26(28)24(8-7-14-29-27)19(3)18(2)17-33-5/h7,9-12,14,18-19,23,25H,6,8,13,15-17H2,1-5H3,(H,30,32). The van der Waals surface area contributed by atoms with Crippen molar-refractivity contribution in [1.82, 2.24) is 10.2 Å². The number of nitrogens with one attached hydrogen (secondary N) is 1. The van der Waals surface area contributed by atoms with Crippen LogP contribution in [0, 0.1) is 11.8 Å². The van der Waals surface area contributed by atoms with Crippen LogP contribution in [-0.2, 0) is 9.53 Å². The molecule has 4 atom stereocenters. The number of carbonyl (C=O) groups is 1. The van der Waals surface area contributed by atoms with Crippen LogP contribution in [0.1, 0.15) is 58.6 Å². The number of methoxy groups -OCH3 is 1. The molecule has 0 saturated carbocycles. The topological polar surface area (TPSA) is 63.2 Å². The van der Waals surface area contributed by atoms with Gasteiger partial charge in [-0.05, 0) is 47.9 Å². The fourth-order valence-electron chi connectivity index (χ4n) is 4.60. The third-order valence-electron chi connectivity index (χ3n) is 6.77. The third kappa shape index (κ3) is 6.47. The zero-order valence-electron chi connectivity index (χ0n) is 21.0. The Morgan fingerprint density at radius 3 is 2.68 bits per heavy atom. The van der Waals surface area contributed by atoms with Crippen molar-refractivity contribution in [2.24, 2.45) is 16.8 Å². The average molecular weight is 472 g/mol. The molecule has 1 amide bonds. The van der Waals surface area contributed by atoms with Crippen LogP contribution in [0.3, 0.4) is 0 Å². The van der Waals surface area contributed by atoms with Crippen LogP contribution < -0.4 is 10.1 Å². The lowest BCUT2D eigenvalue weighted by Gasteiger charge is -2.25. The molecule has 0 bridgehead atoms. The first-order valence-electron chi connectivity index (χ1n) is 12.2. The minimum atomic E-state index is -0.214. The summed E-state index contributed by atoms with van der Waals surface area (Å²) in [5.74, 6) is 1.20. The van der Waals surface area contributed by atoms with Crippen molar-refractivity contribution in [1.29, 1.82) is 0 Å². The van der Waals surface area contributed by atoms with E-state index in [0.717, 1.165) is 29.7 Å². The quantitative estimate of drug-likeness (QED) is 0.539. The Kier molecular flexibility index (Phi) is 9.28. The summed E-state index contributed by atoms with van der Waals surface area (Å²) in [7, 11) is 1.68. The largest absolute Gasteiger partial charge is 0.489 e. The number of aliphatic imine (C=N–C) groups is 1. The number of allylic oxidation sites excluding steroid dienone is 2. The summed E-state index contributed by atoms with van der Waals surface area (Å²) in [4.78, 5) is 17.8. The van der Waals surface area contributed by atoms with Crippen molar-refractivity contribution < 1.29 is 18.7 Å². The van der Waals surface area contributed by atoms with Gasteiger partial charge in [-0.3, -0.25) is 4.79 Å². The summed E-state index contributed by atoms with van der Waals surface area (Å²) in [5.41, 5.74) is 1.83. The molecule has 0 aliphatic carbocycles. The van der Waals surface area contributed by atoms with Gasteiger partial charge in [-0.2, -0.15) is 0 Å². The summed E-state index contributed by atoms with van der Waals surface area (Å²) >= 11 is 0. The van der Waals surface area contributed by atoms with Gasteiger partial charge in [-0.15, -0.1) is 0 Å².